The van der Waals surface area contributed by atoms with Crippen LogP contribution in [0.4, 0.5) is 0 Å². The van der Waals surface area contributed by atoms with Crippen LogP contribution in [0, 0.1) is 141 Å². The fourth-order valence-electron chi connectivity index (χ4n) is 33.4. The Balaban J connectivity index is 0.000000101. The second-order valence-electron chi connectivity index (χ2n) is 50.8. The summed E-state index contributed by atoms with van der Waals surface area (Å²) in [6.07, 6.45) is 26.5. The molecule has 10 saturated carbocycles. The van der Waals surface area contributed by atoms with Crippen molar-refractivity contribution in [3.05, 3.63) is 47.5 Å². The van der Waals surface area contributed by atoms with Gasteiger partial charge < -0.3 is 71.1 Å². The molecule has 790 valence electrons. The molecule has 37 atom stereocenters. The van der Waals surface area contributed by atoms with Gasteiger partial charge in [-0.15, -0.1) is 0 Å². The molecule has 0 radical (unpaired) electrons. The van der Waals surface area contributed by atoms with Gasteiger partial charge in [-0.1, -0.05) is 126 Å². The molecule has 21 aliphatic heterocycles. The van der Waals surface area contributed by atoms with E-state index in [-0.39, 0.29) is 101 Å². The van der Waals surface area contributed by atoms with Crippen LogP contribution in [0.2, 0.25) is 0 Å². The van der Waals surface area contributed by atoms with E-state index in [2.05, 4.69) is 107 Å². The number of Topliss-reactive ketones (excluding diaryl/α,β-unsaturated/α-hetero) is 1. The number of aryl methyl sites for hydroxylation is 1. The van der Waals surface area contributed by atoms with Crippen molar-refractivity contribution in [3.63, 3.8) is 0 Å². The van der Waals surface area contributed by atoms with Crippen molar-refractivity contribution in [2.75, 3.05) is 13.2 Å². The minimum absolute atomic E-state index is 0.0319. The first kappa shape index (κ1) is 103. The summed E-state index contributed by atoms with van der Waals surface area (Å²) in [4.78, 5) is 119. The third-order valence-electron chi connectivity index (χ3n) is 42.8. The molecule has 31 fully saturated rings. The quantitative estimate of drug-likeness (QED) is 0.0959. The van der Waals surface area contributed by atoms with Crippen LogP contribution < -0.4 is 0 Å². The van der Waals surface area contributed by atoms with E-state index in [0.717, 1.165) is 153 Å². The first-order valence-electron chi connectivity index (χ1n) is 55.1. The van der Waals surface area contributed by atoms with E-state index in [0.29, 0.717) is 83.9 Å². The molecule has 0 N–H and O–H groups in total. The molecule has 0 aromatic heterocycles. The number of ketones is 1. The summed E-state index contributed by atoms with van der Waals surface area (Å²) in [5.41, 5.74) is -0.873. The molecule has 21 saturated heterocycles. The van der Waals surface area contributed by atoms with E-state index in [4.69, 9.17) is 125 Å². The van der Waals surface area contributed by atoms with Crippen molar-refractivity contribution in [1.82, 2.24) is 0 Å². The lowest BCUT2D eigenvalue weighted by molar-refractivity contribution is -0.587. The first-order valence-corrected chi connectivity index (χ1v) is 55.1. The van der Waals surface area contributed by atoms with Gasteiger partial charge in [0.05, 0.1) is 12.3 Å². The Morgan fingerprint density at radius 2 is 0.823 bits per heavy atom. The van der Waals surface area contributed by atoms with Crippen LogP contribution in [0.1, 0.15) is 361 Å². The number of esters is 3. The topological polar surface area (TPSA) is 308 Å². The van der Waals surface area contributed by atoms with Gasteiger partial charge in [-0.2, -0.15) is 9.78 Å². The second-order valence-corrected chi connectivity index (χ2v) is 50.8. The number of hydrogen-bond donors (Lipinski definition) is 0. The molecule has 10 aliphatic carbocycles. The molecule has 1 aromatic rings. The highest BCUT2D eigenvalue weighted by atomic mass is 17.3. The highest BCUT2D eigenvalue weighted by Crippen LogP contribution is 2.73. The third-order valence-corrected chi connectivity index (χ3v) is 42.8. The fourth-order valence-corrected chi connectivity index (χ4v) is 33.4. The summed E-state index contributed by atoms with van der Waals surface area (Å²) in [5, 5.41) is 0. The molecule has 7 spiro atoms. The van der Waals surface area contributed by atoms with Crippen molar-refractivity contribution < 1.29 is 144 Å². The molecule has 30 nitrogen and oxygen atoms in total. The number of carbonyl (C=O) groups is 4. The molecule has 6 unspecified atom stereocenters. The summed E-state index contributed by atoms with van der Waals surface area (Å²) in [6, 6.07) is 9.05. The smallest absolute Gasteiger partial charge is 0.336 e. The largest absolute Gasteiger partial charge is 0.435 e. The Morgan fingerprint density at radius 1 is 0.404 bits per heavy atom. The molecule has 141 heavy (non-hydrogen) atoms. The average molecular weight is 1980 g/mol. The van der Waals surface area contributed by atoms with Crippen molar-refractivity contribution >= 4 is 23.7 Å². The Kier molecular flexibility index (Phi) is 26.8. The van der Waals surface area contributed by atoms with Gasteiger partial charge in [-0.25, -0.2) is 53.7 Å². The maximum Gasteiger partial charge on any atom is 0.336 e. The highest BCUT2D eigenvalue weighted by Gasteiger charge is 2.81. The van der Waals surface area contributed by atoms with Crippen LogP contribution in [0.3, 0.4) is 0 Å². The number of hydrogen-bond acceptors (Lipinski definition) is 30. The van der Waals surface area contributed by atoms with Crippen LogP contribution in [-0.2, 0) is 144 Å². The number of benzene rings is 1. The predicted octanol–water partition coefficient (Wildman–Crippen LogP) is 21.3. The van der Waals surface area contributed by atoms with Crippen LogP contribution >= 0.6 is 0 Å². The molecule has 31 aliphatic rings. The van der Waals surface area contributed by atoms with Gasteiger partial charge in [0.1, 0.15) is 5.78 Å². The lowest BCUT2D eigenvalue weighted by Gasteiger charge is -2.65. The fraction of sp³-hybridized carbons (Fsp3) is 0.892. The van der Waals surface area contributed by atoms with E-state index >= 15 is 0 Å². The Bertz CT molecular complexity index is 4680. The molecular formula is C111H166O30. The summed E-state index contributed by atoms with van der Waals surface area (Å²) < 4.78 is 85.2. The molecule has 0 amide bonds. The van der Waals surface area contributed by atoms with E-state index in [1.807, 2.05) is 69.2 Å². The van der Waals surface area contributed by atoms with Gasteiger partial charge in [0.15, 0.2) is 59.5 Å². The van der Waals surface area contributed by atoms with E-state index in [1.54, 1.807) is 0 Å². The molecule has 30 heteroatoms. The first-order chi connectivity index (χ1) is 66.8. The molecule has 1 aromatic carbocycles. The van der Waals surface area contributed by atoms with Gasteiger partial charge in [0, 0.05) is 139 Å². The predicted molar refractivity (Wildman–Crippen MR) is 502 cm³/mol. The zero-order valence-corrected chi connectivity index (χ0v) is 88.3. The zero-order chi connectivity index (χ0) is 99.8. The lowest BCUT2D eigenvalue weighted by Crippen LogP contribution is -2.74. The standard InChI is InChI=1S/C23H30O3.C20H30O7.2C18H30O5.C16H24O5.C16H22O5/c1-15-2-4-18(5-3-15)19-6-8-22(9-7-19)24-23(26-25-22)20-11-16-10-17(13-20)14-21(23)12-16;1-11-5-7-15-13(3)17(23-16(22)8-6-12(2)21)24-18-20(15)14(11)9-10-19(4,25-18)26-27-20;2*1-6-19-14-12(3)16(4)9-7-11(2)13-8-10-17(5)21-15(20-14)18(13,16)23-22-17;2*1-9-5-7-14(3)10(2)12(17)18-13-16(14)11(9)6-8-15(4,19-13)20-21-16/h2-5,16-17,19-21H,6-14H2,1H3;11,13-15,17-18H,5-10H2,1-4H3;2*11-15H,6-10H2,1-5H3;9-11,13H,5-8H2,1-4H3;9,11,13H,2,5-8H2,1,3-4H3/t;11-,13-,14?,15?,17+,18?,19?,20-;11-,12+,13+,14+,15-,16+,17?,18+;11-,12+,13+,14-,15-,16+,17?,18+;9-,10+,11+,13-,14+,15-,16+;9-,11+,13-,14+,15-,16+/m.11111/s1. The van der Waals surface area contributed by atoms with Crippen LogP contribution in [0.15, 0.2) is 36.4 Å². The minimum atomic E-state index is -0.846. The highest BCUT2D eigenvalue weighted by molar-refractivity contribution is 5.91. The SMILES string of the molecule is C=C1C(=O)O[C@@H]2O[C@@]3(C)CC[C@H]4[C@H](C)CC[C@]1(C)[C@@]24OO3.CC(=O)CCC(=O)O[C@H]1OC2OC3(C)CCC4[C@H](C)CCC([C@H]1C)[C@@]24OO3.CCO[C@@H]1O[C@@H]2OC3(C)CC[C@H]4[C@H](C)CC[C@@](C)([C@H]1C)[C@@]24OO3.CCO[C@H]1O[C@@H]2OC3(C)CC[C@H]4[C@H](C)CC[C@@](C)([C@H]1C)[C@@]24OO3.C[C@@H]1CC[C@@]2(C)[C@@H](C)C(=O)O[C@@H]3O[C@@]4(C)CC[C@@H]1[C@]32OO4.Cc1ccc(C2CCC3(CC2)OOC2(O3)C3CC4CC(C3)CC2C4)cc1. The normalized spacial score (nSPS) is 54.6. The monoisotopic (exact) mass is 1980 g/mol. The van der Waals surface area contributed by atoms with Gasteiger partial charge in [0.25, 0.3) is 0 Å². The number of fused-ring (bicyclic) bond motifs is 10. The van der Waals surface area contributed by atoms with Crippen LogP contribution in [-0.4, -0.2) is 156 Å². The van der Waals surface area contributed by atoms with Gasteiger partial charge in [-0.05, 0) is 274 Å². The van der Waals surface area contributed by atoms with Crippen LogP contribution in [0.25, 0.3) is 0 Å². The summed E-state index contributed by atoms with van der Waals surface area (Å²) in [5.74, 6) is 2.30. The minimum Gasteiger partial charge on any atom is -0.435 e. The lowest BCUT2D eigenvalue weighted by atomic mass is 9.50. The zero-order valence-electron chi connectivity index (χ0n) is 88.3. The van der Waals surface area contributed by atoms with Crippen molar-refractivity contribution in [2.24, 2.45) is 134 Å². The van der Waals surface area contributed by atoms with E-state index < -0.39 is 118 Å². The van der Waals surface area contributed by atoms with Crippen molar-refractivity contribution in [3.8, 4) is 0 Å². The summed E-state index contributed by atoms with van der Waals surface area (Å²) >= 11 is 0. The summed E-state index contributed by atoms with van der Waals surface area (Å²) in [6.45, 7) is 51.1. The van der Waals surface area contributed by atoms with E-state index in [1.165, 1.54) is 63.0 Å². The average Bonchev–Trinajstić information content (AvgIpc) is 1.71. The molecule has 14 bridgehead atoms. The van der Waals surface area contributed by atoms with Gasteiger partial charge in [0.2, 0.25) is 59.4 Å². The number of carbonyl (C=O) groups excluding carboxylic acids is 4. The maximum absolute atomic E-state index is 12.3. The molecular weight excluding hydrogens is 1810 g/mol. The Morgan fingerprint density at radius 3 is 1.31 bits per heavy atom. The summed E-state index contributed by atoms with van der Waals surface area (Å²) in [7, 11) is 0. The van der Waals surface area contributed by atoms with Gasteiger partial charge in [-0.3, -0.25) is 9.59 Å². The molecule has 32 rings (SSSR count). The second kappa shape index (κ2) is 36.7. The Hall–Kier alpha value is -3.88. The molecule has 21 heterocycles. The van der Waals surface area contributed by atoms with Gasteiger partial charge >= 0.3 is 17.9 Å². The maximum atomic E-state index is 12.3. The third kappa shape index (κ3) is 16.0. The van der Waals surface area contributed by atoms with Crippen LogP contribution in [0.5, 0.6) is 0 Å². The number of ether oxygens (including phenoxy) is 14. The Labute approximate surface area is 834 Å². The van der Waals surface area contributed by atoms with Crippen molar-refractivity contribution in [2.45, 2.75) is 476 Å². The number of rotatable bonds is 9. The van der Waals surface area contributed by atoms with Crippen molar-refractivity contribution in [1.29, 1.82) is 0 Å². The van der Waals surface area contributed by atoms with E-state index in [9.17, 15) is 19.2 Å².